The Balaban J connectivity index is 1.80. The first-order valence-corrected chi connectivity index (χ1v) is 7.52. The lowest BCUT2D eigenvalue weighted by atomic mass is 10.0. The summed E-state index contributed by atoms with van der Waals surface area (Å²) in [4.78, 5) is 4.06. The van der Waals surface area contributed by atoms with Crippen LogP contribution < -0.4 is 0 Å². The highest BCUT2D eigenvalue weighted by Crippen LogP contribution is 2.29. The summed E-state index contributed by atoms with van der Waals surface area (Å²) in [5.41, 5.74) is 2.72. The lowest BCUT2D eigenvalue weighted by Gasteiger charge is -2.33. The van der Waals surface area contributed by atoms with Gasteiger partial charge < -0.3 is 0 Å². The maximum absolute atomic E-state index is 6.25. The largest absolute Gasteiger partial charge is 0.292 e. The standard InChI is InChI=1S/C15H16ClNS/c1-11-8-15-13(6-7-18-15)10-17(11)9-12-4-2-3-5-14(12)16/h2-7,11H,8-10H2,1H3. The number of hydrogen-bond donors (Lipinski definition) is 0. The van der Waals surface area contributed by atoms with Crippen LogP contribution in [0.3, 0.4) is 0 Å². The van der Waals surface area contributed by atoms with Crippen molar-refractivity contribution < 1.29 is 0 Å². The Morgan fingerprint density at radius 1 is 1.33 bits per heavy atom. The highest BCUT2D eigenvalue weighted by Gasteiger charge is 2.23. The molecule has 0 aliphatic carbocycles. The topological polar surface area (TPSA) is 3.24 Å². The summed E-state index contributed by atoms with van der Waals surface area (Å²) in [6, 6.07) is 11.0. The first-order chi connectivity index (χ1) is 8.74. The third kappa shape index (κ3) is 2.33. The molecule has 0 spiro atoms. The van der Waals surface area contributed by atoms with Crippen LogP contribution in [0.4, 0.5) is 0 Å². The van der Waals surface area contributed by atoms with Crippen LogP contribution in [-0.4, -0.2) is 10.9 Å². The lowest BCUT2D eigenvalue weighted by molar-refractivity contribution is 0.177. The average Bonchev–Trinajstić information content (AvgIpc) is 2.79. The predicted octanol–water partition coefficient (Wildman–Crippen LogP) is 4.35. The van der Waals surface area contributed by atoms with Gasteiger partial charge in [0.05, 0.1) is 0 Å². The second-order valence-corrected chi connectivity index (χ2v) is 6.33. The molecule has 1 aromatic carbocycles. The van der Waals surface area contributed by atoms with E-state index in [9.17, 15) is 0 Å². The molecule has 1 aromatic heterocycles. The summed E-state index contributed by atoms with van der Waals surface area (Å²) in [6.07, 6.45) is 1.16. The van der Waals surface area contributed by atoms with E-state index < -0.39 is 0 Å². The van der Waals surface area contributed by atoms with Gasteiger partial charge in [-0.05, 0) is 42.0 Å². The van der Waals surface area contributed by atoms with E-state index in [0.29, 0.717) is 6.04 Å². The molecule has 0 fully saturated rings. The fraction of sp³-hybridized carbons (Fsp3) is 0.333. The predicted molar refractivity (Wildman–Crippen MR) is 78.2 cm³/mol. The molecule has 1 unspecified atom stereocenters. The first-order valence-electron chi connectivity index (χ1n) is 6.27. The number of benzene rings is 1. The van der Waals surface area contributed by atoms with Crippen molar-refractivity contribution in [2.24, 2.45) is 0 Å². The van der Waals surface area contributed by atoms with Gasteiger partial charge in [-0.25, -0.2) is 0 Å². The van der Waals surface area contributed by atoms with Crippen LogP contribution in [0.1, 0.15) is 22.9 Å². The first kappa shape index (κ1) is 12.2. The van der Waals surface area contributed by atoms with Crippen LogP contribution in [0, 0.1) is 0 Å². The van der Waals surface area contributed by atoms with Gasteiger partial charge in [-0.1, -0.05) is 29.8 Å². The summed E-state index contributed by atoms with van der Waals surface area (Å²) >= 11 is 8.13. The Kier molecular flexibility index (Phi) is 3.42. The zero-order chi connectivity index (χ0) is 12.5. The third-order valence-corrected chi connectivity index (χ3v) is 5.00. The van der Waals surface area contributed by atoms with Crippen LogP contribution in [-0.2, 0) is 19.5 Å². The highest BCUT2D eigenvalue weighted by molar-refractivity contribution is 7.10. The Labute approximate surface area is 117 Å². The summed E-state index contributed by atoms with van der Waals surface area (Å²) in [5, 5.41) is 3.08. The summed E-state index contributed by atoms with van der Waals surface area (Å²) < 4.78 is 0. The molecule has 0 N–H and O–H groups in total. The van der Waals surface area contributed by atoms with Crippen molar-refractivity contribution in [2.75, 3.05) is 0 Å². The number of fused-ring (bicyclic) bond motifs is 1. The molecule has 0 amide bonds. The molecule has 1 aliphatic heterocycles. The van der Waals surface area contributed by atoms with E-state index >= 15 is 0 Å². The fourth-order valence-electron chi connectivity index (χ4n) is 2.52. The van der Waals surface area contributed by atoms with Crippen LogP contribution >= 0.6 is 22.9 Å². The lowest BCUT2D eigenvalue weighted by Crippen LogP contribution is -2.37. The van der Waals surface area contributed by atoms with Gasteiger partial charge in [-0.3, -0.25) is 4.90 Å². The molecule has 0 saturated carbocycles. The highest BCUT2D eigenvalue weighted by atomic mass is 35.5. The monoisotopic (exact) mass is 277 g/mol. The normalized spacial score (nSPS) is 19.8. The van der Waals surface area contributed by atoms with Crippen molar-refractivity contribution in [3.8, 4) is 0 Å². The summed E-state index contributed by atoms with van der Waals surface area (Å²) in [5.74, 6) is 0. The smallest absolute Gasteiger partial charge is 0.0451 e. The molecule has 0 saturated heterocycles. The summed E-state index contributed by atoms with van der Waals surface area (Å²) in [7, 11) is 0. The van der Waals surface area contributed by atoms with Crippen LogP contribution in [0.5, 0.6) is 0 Å². The van der Waals surface area contributed by atoms with Gasteiger partial charge in [-0.2, -0.15) is 0 Å². The minimum absolute atomic E-state index is 0.590. The van der Waals surface area contributed by atoms with Crippen molar-refractivity contribution in [2.45, 2.75) is 32.5 Å². The van der Waals surface area contributed by atoms with Gasteiger partial charge in [-0.15, -0.1) is 11.3 Å². The van der Waals surface area contributed by atoms with E-state index in [1.165, 1.54) is 11.1 Å². The number of nitrogens with zero attached hydrogens (tertiary/aromatic N) is 1. The van der Waals surface area contributed by atoms with E-state index in [1.54, 1.807) is 4.88 Å². The molecule has 2 aromatic rings. The minimum atomic E-state index is 0.590. The number of halogens is 1. The molecule has 0 bridgehead atoms. The minimum Gasteiger partial charge on any atom is -0.292 e. The van der Waals surface area contributed by atoms with Gasteiger partial charge in [0.25, 0.3) is 0 Å². The number of thiophene rings is 1. The average molecular weight is 278 g/mol. The molecule has 0 radical (unpaired) electrons. The van der Waals surface area contributed by atoms with Crippen molar-refractivity contribution >= 4 is 22.9 Å². The molecule has 1 nitrogen and oxygen atoms in total. The molecule has 2 heterocycles. The van der Waals surface area contributed by atoms with Gasteiger partial charge in [0.15, 0.2) is 0 Å². The molecule has 1 atom stereocenters. The number of hydrogen-bond acceptors (Lipinski definition) is 2. The van der Waals surface area contributed by atoms with Crippen molar-refractivity contribution in [1.82, 2.24) is 4.90 Å². The van der Waals surface area contributed by atoms with Crippen molar-refractivity contribution in [3.05, 3.63) is 56.7 Å². The summed E-state index contributed by atoms with van der Waals surface area (Å²) in [6.45, 7) is 4.29. The molecular weight excluding hydrogens is 262 g/mol. The molecular formula is C15H16ClNS. The molecule has 1 aliphatic rings. The third-order valence-electron chi connectivity index (χ3n) is 3.65. The van der Waals surface area contributed by atoms with Gasteiger partial charge in [0.1, 0.15) is 0 Å². The van der Waals surface area contributed by atoms with Crippen LogP contribution in [0.15, 0.2) is 35.7 Å². The van der Waals surface area contributed by atoms with E-state index in [1.807, 2.05) is 23.5 Å². The van der Waals surface area contributed by atoms with E-state index in [2.05, 4.69) is 35.4 Å². The second-order valence-electron chi connectivity index (χ2n) is 4.92. The maximum atomic E-state index is 6.25. The quantitative estimate of drug-likeness (QED) is 0.789. The zero-order valence-electron chi connectivity index (χ0n) is 10.4. The van der Waals surface area contributed by atoms with Crippen LogP contribution in [0.2, 0.25) is 5.02 Å². The van der Waals surface area contributed by atoms with Gasteiger partial charge >= 0.3 is 0 Å². The molecule has 3 heteroatoms. The van der Waals surface area contributed by atoms with Crippen LogP contribution in [0.25, 0.3) is 0 Å². The Morgan fingerprint density at radius 2 is 2.17 bits per heavy atom. The molecule has 3 rings (SSSR count). The molecule has 18 heavy (non-hydrogen) atoms. The Bertz CT molecular complexity index is 549. The Hall–Kier alpha value is -0.830. The van der Waals surface area contributed by atoms with E-state index in [4.69, 9.17) is 11.6 Å². The second kappa shape index (κ2) is 5.04. The van der Waals surface area contributed by atoms with E-state index in [0.717, 1.165) is 24.5 Å². The SMILES string of the molecule is CC1Cc2sccc2CN1Cc1ccccc1Cl. The van der Waals surface area contributed by atoms with Crippen molar-refractivity contribution in [1.29, 1.82) is 0 Å². The zero-order valence-corrected chi connectivity index (χ0v) is 12.0. The Morgan fingerprint density at radius 3 is 3.00 bits per heavy atom. The van der Waals surface area contributed by atoms with Gasteiger partial charge in [0, 0.05) is 29.0 Å². The van der Waals surface area contributed by atoms with Gasteiger partial charge in [0.2, 0.25) is 0 Å². The fourth-order valence-corrected chi connectivity index (χ4v) is 3.73. The molecule has 94 valence electrons. The van der Waals surface area contributed by atoms with E-state index in [-0.39, 0.29) is 0 Å². The number of rotatable bonds is 2. The van der Waals surface area contributed by atoms with Crippen molar-refractivity contribution in [3.63, 3.8) is 0 Å². The maximum Gasteiger partial charge on any atom is 0.0451 e.